The van der Waals surface area contributed by atoms with Gasteiger partial charge in [0.05, 0.1) is 0 Å². The smallest absolute Gasteiger partial charge is 0 e. The Morgan fingerprint density at radius 2 is 2.00 bits per heavy atom. The van der Waals surface area contributed by atoms with Gasteiger partial charge in [0.15, 0.2) is 0 Å². The van der Waals surface area contributed by atoms with Gasteiger partial charge >= 0.3 is 0 Å². The molecule has 0 aromatic carbocycles. The third-order valence-corrected chi connectivity index (χ3v) is 1.66. The van der Waals surface area contributed by atoms with Crippen LogP contribution >= 0.6 is 0 Å². The minimum absolute atomic E-state index is 0. The van der Waals surface area contributed by atoms with E-state index in [-0.39, 0.29) is 25.5 Å². The molecule has 0 aromatic rings. The predicted octanol–water partition coefficient (Wildman–Crippen LogP) is 0.0713. The van der Waals surface area contributed by atoms with Gasteiger partial charge in [-0.15, -0.1) is 0 Å². The summed E-state index contributed by atoms with van der Waals surface area (Å²) >= 11 is 0. The van der Waals surface area contributed by atoms with E-state index in [0.717, 1.165) is 25.8 Å². The van der Waals surface area contributed by atoms with Crippen molar-refractivity contribution in [1.29, 1.82) is 0 Å². The predicted molar refractivity (Wildman–Crippen MR) is 46.3 cm³/mol. The van der Waals surface area contributed by atoms with Crippen LogP contribution in [0.25, 0.3) is 0 Å². The fourth-order valence-corrected chi connectivity index (χ4v) is 0.912. The van der Waals surface area contributed by atoms with Crippen molar-refractivity contribution >= 4 is 6.29 Å². The second-order valence-corrected chi connectivity index (χ2v) is 2.56. The zero-order valence-electron chi connectivity index (χ0n) is 7.65. The van der Waals surface area contributed by atoms with Crippen molar-refractivity contribution in [3.63, 3.8) is 0 Å². The van der Waals surface area contributed by atoms with E-state index in [1.165, 1.54) is 0 Å². The van der Waals surface area contributed by atoms with Crippen molar-refractivity contribution in [3.8, 4) is 0 Å². The molecule has 0 bridgehead atoms. The van der Waals surface area contributed by atoms with Gasteiger partial charge in [-0.05, 0) is 27.1 Å². The molecule has 4 heteroatoms. The first kappa shape index (κ1) is 14.7. The number of carbonyl (C=O) groups excluding carboxylic acids is 1. The third kappa shape index (κ3) is 8.31. The fraction of sp³-hybridized carbons (Fsp3) is 0.875. The van der Waals surface area contributed by atoms with Crippen LogP contribution in [0.4, 0.5) is 0 Å². The molecule has 0 fully saturated rings. The zero-order valence-corrected chi connectivity index (χ0v) is 9.29. The second-order valence-electron chi connectivity index (χ2n) is 2.56. The third-order valence-electron chi connectivity index (χ3n) is 1.66. The summed E-state index contributed by atoms with van der Waals surface area (Å²) in [5.74, 6) is 0. The minimum Gasteiger partial charge on any atom is -0.540 e. The Bertz CT molecular complexity index is 101. The molecule has 0 spiro atoms. The zero-order chi connectivity index (χ0) is 8.53. The Hall–Kier alpha value is 0.213. The van der Waals surface area contributed by atoms with Crippen LogP contribution in [0.3, 0.4) is 0 Å². The molecule has 0 rings (SSSR count). The van der Waals surface area contributed by atoms with Gasteiger partial charge < -0.3 is 15.4 Å². The van der Waals surface area contributed by atoms with E-state index < -0.39 is 0 Å². The number of hydrogen-bond acceptors (Lipinski definition) is 3. The van der Waals surface area contributed by atoms with E-state index in [1.807, 2.05) is 13.3 Å². The molecule has 0 saturated carbocycles. The van der Waals surface area contributed by atoms with Gasteiger partial charge in [0.25, 0.3) is 0 Å². The molecule has 0 amide bonds. The van der Waals surface area contributed by atoms with Crippen LogP contribution < -0.4 is 10.6 Å². The standard InChI is InChI=1S/C8H17N2O.Rh/c1-9-6-4-3-5-8(7-11)10-2;/h8-10H,3-6H2,1-2H3;/q-1;. The quantitative estimate of drug-likeness (QED) is 0.387. The molecule has 0 aliphatic heterocycles. The summed E-state index contributed by atoms with van der Waals surface area (Å²) in [4.78, 5) is 10.2. The van der Waals surface area contributed by atoms with Gasteiger partial charge in [0, 0.05) is 19.5 Å². The van der Waals surface area contributed by atoms with Gasteiger partial charge in [0.1, 0.15) is 0 Å². The molecule has 0 aliphatic rings. The molecule has 75 valence electrons. The number of unbranched alkanes of at least 4 members (excludes halogenated alkanes) is 1. The number of nitrogens with one attached hydrogen (secondary N) is 2. The van der Waals surface area contributed by atoms with Crippen LogP contribution in [0.5, 0.6) is 0 Å². The van der Waals surface area contributed by atoms with Crippen molar-refractivity contribution < 1.29 is 24.3 Å². The number of likely N-dealkylation sites (N-methyl/N-ethyl adjacent to an activating group) is 1. The molecular weight excluding hydrogens is 243 g/mol. The molecule has 1 atom stereocenters. The van der Waals surface area contributed by atoms with Crippen LogP contribution in [-0.4, -0.2) is 33.0 Å². The molecule has 0 saturated heterocycles. The Balaban J connectivity index is 0. The summed E-state index contributed by atoms with van der Waals surface area (Å²) in [7, 11) is 3.72. The van der Waals surface area contributed by atoms with Crippen LogP contribution in [0.2, 0.25) is 0 Å². The molecule has 1 radical (unpaired) electrons. The normalized spacial score (nSPS) is 11.8. The van der Waals surface area contributed by atoms with Gasteiger partial charge in [-0.1, -0.05) is 18.9 Å². The number of rotatable bonds is 7. The number of hydrogen-bond donors (Lipinski definition) is 2. The summed E-state index contributed by atoms with van der Waals surface area (Å²) < 4.78 is 0. The molecule has 0 heterocycles. The maximum absolute atomic E-state index is 10.2. The molecule has 0 aromatic heterocycles. The Morgan fingerprint density at radius 1 is 1.33 bits per heavy atom. The summed E-state index contributed by atoms with van der Waals surface area (Å²) in [5, 5.41) is 5.94. The van der Waals surface area contributed by atoms with Gasteiger partial charge in [0.2, 0.25) is 0 Å². The molecule has 0 aliphatic carbocycles. The van der Waals surface area contributed by atoms with Crippen molar-refractivity contribution in [3.05, 3.63) is 0 Å². The summed E-state index contributed by atoms with van der Waals surface area (Å²) in [6, 6.07) is -0.0770. The topological polar surface area (TPSA) is 41.1 Å². The van der Waals surface area contributed by atoms with E-state index in [2.05, 4.69) is 10.6 Å². The van der Waals surface area contributed by atoms with Crippen molar-refractivity contribution in [2.45, 2.75) is 25.3 Å². The van der Waals surface area contributed by atoms with E-state index in [9.17, 15) is 4.79 Å². The Kier molecular flexibility index (Phi) is 13.8. The molecule has 1 unspecified atom stereocenters. The summed E-state index contributed by atoms with van der Waals surface area (Å²) in [6.45, 7) is 1.02. The minimum atomic E-state index is -0.0770. The molecular formula is C8H17N2ORh-. The van der Waals surface area contributed by atoms with E-state index in [0.29, 0.717) is 0 Å². The van der Waals surface area contributed by atoms with E-state index >= 15 is 0 Å². The maximum Gasteiger partial charge on any atom is 0 e. The monoisotopic (exact) mass is 260 g/mol. The first-order valence-corrected chi connectivity index (χ1v) is 4.04. The second kappa shape index (κ2) is 11.2. The average molecular weight is 260 g/mol. The van der Waals surface area contributed by atoms with Gasteiger partial charge in [-0.2, -0.15) is 0 Å². The van der Waals surface area contributed by atoms with Crippen LogP contribution in [0, 0.1) is 0 Å². The molecule has 3 nitrogen and oxygen atoms in total. The van der Waals surface area contributed by atoms with E-state index in [4.69, 9.17) is 0 Å². The SMILES string of the molecule is CNCCCCC([C-]=O)NC.[Rh]. The van der Waals surface area contributed by atoms with Crippen LogP contribution in [0.15, 0.2) is 0 Å². The largest absolute Gasteiger partial charge is 0.540 e. The van der Waals surface area contributed by atoms with E-state index in [1.54, 1.807) is 7.05 Å². The first-order valence-electron chi connectivity index (χ1n) is 4.04. The van der Waals surface area contributed by atoms with Crippen LogP contribution in [0.1, 0.15) is 19.3 Å². The summed E-state index contributed by atoms with van der Waals surface area (Å²) in [5.41, 5.74) is 0. The average Bonchev–Trinajstić information content (AvgIpc) is 2.05. The van der Waals surface area contributed by atoms with Gasteiger partial charge in [-0.25, -0.2) is 6.29 Å². The van der Waals surface area contributed by atoms with Crippen LogP contribution in [-0.2, 0) is 24.3 Å². The Morgan fingerprint density at radius 3 is 2.42 bits per heavy atom. The maximum atomic E-state index is 10.2. The molecule has 12 heavy (non-hydrogen) atoms. The fourth-order valence-electron chi connectivity index (χ4n) is 0.912. The van der Waals surface area contributed by atoms with Crippen molar-refractivity contribution in [1.82, 2.24) is 10.6 Å². The van der Waals surface area contributed by atoms with Crippen molar-refractivity contribution in [2.24, 2.45) is 0 Å². The first-order chi connectivity index (χ1) is 5.35. The summed E-state index contributed by atoms with van der Waals surface area (Å²) in [6.07, 6.45) is 5.03. The molecule has 2 N–H and O–H groups in total. The Labute approximate surface area is 87.4 Å². The van der Waals surface area contributed by atoms with Gasteiger partial charge in [-0.3, -0.25) is 0 Å². The van der Waals surface area contributed by atoms with Crippen molar-refractivity contribution in [2.75, 3.05) is 20.6 Å².